The van der Waals surface area contributed by atoms with Gasteiger partial charge in [0, 0.05) is 52.2 Å². The summed E-state index contributed by atoms with van der Waals surface area (Å²) < 4.78 is 20.8. The predicted octanol–water partition coefficient (Wildman–Crippen LogP) is 5.95. The molecule has 3 aliphatic heterocycles. The second kappa shape index (κ2) is 9.59. The Balaban J connectivity index is 1.57. The van der Waals surface area contributed by atoms with Crippen LogP contribution in [0.5, 0.6) is 17.2 Å². The summed E-state index contributed by atoms with van der Waals surface area (Å²) in [5, 5.41) is 33.8. The minimum Gasteiger partial charge on any atom is -0.507 e. The number of hydrogen-bond acceptors (Lipinski definition) is 8. The van der Waals surface area contributed by atoms with Gasteiger partial charge in [-0.05, 0) is 60.8 Å². The molecule has 1 aromatic rings. The average molecular weight is 647 g/mol. The summed E-state index contributed by atoms with van der Waals surface area (Å²) in [4.78, 5) is 41.5. The van der Waals surface area contributed by atoms with Gasteiger partial charge in [-0.3, -0.25) is 9.59 Å². The molecule has 1 saturated heterocycles. The molecule has 252 valence electrons. The summed E-state index contributed by atoms with van der Waals surface area (Å²) in [6, 6.07) is 0. The summed E-state index contributed by atoms with van der Waals surface area (Å²) >= 11 is 0. The number of aromatic hydroxyl groups is 1. The molecule has 8 atom stereocenters. The number of aliphatic carboxylic acids is 1. The number of ketones is 2. The van der Waals surface area contributed by atoms with Crippen molar-refractivity contribution in [2.24, 2.45) is 23.7 Å². The van der Waals surface area contributed by atoms with Crippen LogP contribution in [-0.4, -0.2) is 61.4 Å². The van der Waals surface area contributed by atoms with Gasteiger partial charge in [-0.25, -0.2) is 4.79 Å². The van der Waals surface area contributed by atoms with Gasteiger partial charge in [-0.1, -0.05) is 37.6 Å². The Morgan fingerprint density at radius 3 is 2.45 bits per heavy atom. The van der Waals surface area contributed by atoms with Gasteiger partial charge >= 0.3 is 5.97 Å². The first-order valence-corrected chi connectivity index (χ1v) is 16.8. The summed E-state index contributed by atoms with van der Waals surface area (Å²) in [7, 11) is 0. The number of carboxylic acids is 1. The highest BCUT2D eigenvalue weighted by atomic mass is 16.6. The second-order valence-electron chi connectivity index (χ2n) is 16.4. The van der Waals surface area contributed by atoms with Crippen LogP contribution in [0.4, 0.5) is 0 Å². The highest BCUT2D eigenvalue weighted by Gasteiger charge is 2.85. The maximum absolute atomic E-state index is 15.1. The number of carboxylic acid groups (broad SMARTS) is 1. The van der Waals surface area contributed by atoms with Gasteiger partial charge in [0.2, 0.25) is 0 Å². The van der Waals surface area contributed by atoms with E-state index in [9.17, 15) is 24.9 Å². The van der Waals surface area contributed by atoms with Crippen molar-refractivity contribution in [2.75, 3.05) is 0 Å². The summed E-state index contributed by atoms with van der Waals surface area (Å²) in [5.74, 6) is -4.57. The molecule has 3 heterocycles. The number of carbonyl (C=O) groups excluding carboxylic acids is 2. The van der Waals surface area contributed by atoms with E-state index in [1.165, 1.54) is 18.6 Å². The van der Waals surface area contributed by atoms with Gasteiger partial charge in [-0.15, -0.1) is 6.58 Å². The molecule has 0 aromatic heterocycles. The SMILES string of the molecule is C=CC(C)(C)c1c2c(c(O)c3c1OC(C)(C)[C@H]1CCC(C)=C[C@@H]31)C(=O)[C@@H]1[C@@H](O)[C@@H]3C[C@H]4C(C)(C)O[C@@](C/C=C(\C)C(=O)O)(C3=O)[C@@]14O2. The molecule has 4 aliphatic carbocycles. The molecule has 1 aromatic carbocycles. The Kier molecular flexibility index (Phi) is 6.56. The Bertz CT molecular complexity index is 1730. The molecule has 3 N–H and O–H groups in total. The fourth-order valence-corrected chi connectivity index (χ4v) is 10.2. The Morgan fingerprint density at radius 1 is 1.13 bits per heavy atom. The maximum Gasteiger partial charge on any atom is 0.330 e. The number of Topliss-reactive ketones (excluding diaryl/α,β-unsaturated/α-hetero) is 2. The number of aliphatic hydroxyl groups excluding tert-OH is 1. The van der Waals surface area contributed by atoms with Gasteiger partial charge in [0.1, 0.15) is 28.4 Å². The van der Waals surface area contributed by atoms with Crippen LogP contribution in [-0.2, 0) is 19.7 Å². The molecular formula is C38H46O9. The molecule has 4 bridgehead atoms. The van der Waals surface area contributed by atoms with Crippen LogP contribution in [0.1, 0.15) is 108 Å². The topological polar surface area (TPSA) is 140 Å². The smallest absolute Gasteiger partial charge is 0.330 e. The first-order valence-electron chi connectivity index (χ1n) is 16.8. The van der Waals surface area contributed by atoms with E-state index >= 15 is 4.79 Å². The lowest BCUT2D eigenvalue weighted by Gasteiger charge is -2.62. The van der Waals surface area contributed by atoms with E-state index in [0.29, 0.717) is 16.9 Å². The summed E-state index contributed by atoms with van der Waals surface area (Å²) in [5.41, 5.74) is -3.59. The lowest BCUT2D eigenvalue weighted by atomic mass is 9.45. The Labute approximate surface area is 275 Å². The lowest BCUT2D eigenvalue weighted by molar-refractivity contribution is -0.220. The third-order valence-electron chi connectivity index (χ3n) is 12.6. The molecule has 8 rings (SSSR count). The molecule has 3 saturated carbocycles. The highest BCUT2D eigenvalue weighted by Crippen LogP contribution is 2.71. The largest absolute Gasteiger partial charge is 0.507 e. The molecule has 47 heavy (non-hydrogen) atoms. The zero-order chi connectivity index (χ0) is 34.4. The quantitative estimate of drug-likeness (QED) is 0.262. The minimum absolute atomic E-state index is 0.0216. The highest BCUT2D eigenvalue weighted by molar-refractivity contribution is 6.10. The van der Waals surface area contributed by atoms with Gasteiger partial charge < -0.3 is 29.5 Å². The zero-order valence-electron chi connectivity index (χ0n) is 28.5. The fraction of sp³-hybridized carbons (Fsp3) is 0.605. The number of phenolic OH excluding ortho intramolecular Hbond substituents is 1. The molecule has 0 amide bonds. The van der Waals surface area contributed by atoms with Crippen LogP contribution in [0.15, 0.2) is 36.0 Å². The van der Waals surface area contributed by atoms with Gasteiger partial charge in [0.15, 0.2) is 22.8 Å². The predicted molar refractivity (Wildman–Crippen MR) is 173 cm³/mol. The number of hydrogen-bond donors (Lipinski definition) is 3. The van der Waals surface area contributed by atoms with E-state index in [-0.39, 0.29) is 47.3 Å². The van der Waals surface area contributed by atoms with Crippen LogP contribution in [0.3, 0.4) is 0 Å². The van der Waals surface area contributed by atoms with Crippen molar-refractivity contribution in [1.29, 1.82) is 0 Å². The van der Waals surface area contributed by atoms with Crippen molar-refractivity contribution < 1.29 is 43.9 Å². The third-order valence-corrected chi connectivity index (χ3v) is 12.6. The van der Waals surface area contributed by atoms with Crippen molar-refractivity contribution in [3.05, 3.63) is 52.6 Å². The van der Waals surface area contributed by atoms with E-state index in [4.69, 9.17) is 14.2 Å². The molecule has 4 fully saturated rings. The second-order valence-corrected chi connectivity index (χ2v) is 16.4. The summed E-state index contributed by atoms with van der Waals surface area (Å²) in [6.07, 6.45) is 5.85. The van der Waals surface area contributed by atoms with Crippen molar-refractivity contribution in [1.82, 2.24) is 0 Å². The summed E-state index contributed by atoms with van der Waals surface area (Å²) in [6.45, 7) is 19.3. The van der Waals surface area contributed by atoms with Gasteiger partial charge in [0.05, 0.1) is 17.6 Å². The molecule has 0 unspecified atom stereocenters. The van der Waals surface area contributed by atoms with Crippen LogP contribution < -0.4 is 9.47 Å². The lowest BCUT2D eigenvalue weighted by Crippen LogP contribution is -2.80. The van der Waals surface area contributed by atoms with Crippen molar-refractivity contribution in [3.8, 4) is 17.2 Å². The Hall–Kier alpha value is -3.43. The maximum atomic E-state index is 15.1. The van der Waals surface area contributed by atoms with Gasteiger partial charge in [-0.2, -0.15) is 0 Å². The Morgan fingerprint density at radius 2 is 1.81 bits per heavy atom. The number of fused-ring (bicyclic) bond motifs is 4. The van der Waals surface area contributed by atoms with Crippen LogP contribution in [0.2, 0.25) is 0 Å². The fourth-order valence-electron chi connectivity index (χ4n) is 10.2. The number of allylic oxidation sites excluding steroid dienone is 3. The molecule has 9 nitrogen and oxygen atoms in total. The van der Waals surface area contributed by atoms with E-state index < -0.39 is 69.2 Å². The van der Waals surface area contributed by atoms with E-state index in [2.05, 4.69) is 19.6 Å². The standard InChI is InChI=1S/C38H46O9/c1-10-34(4,5)26-30-23(19-15-17(2)11-12-21(19)35(6,7)45-30)28(40)24-29(41)25-27(39)20-16-22-36(8,9)47-37(32(20)42,14-13-18(3)33(43)44)38(22,25)46-31(24)26/h10,13,15,19-22,25,27,39-40H,1,11-12,14,16H2,2-9H3,(H,43,44)/b18-13+/t19-,20+,21+,22+,25+,27+,37+,38+/m1/s1. The number of carbonyl (C=O) groups is 3. The van der Waals surface area contributed by atoms with E-state index in [0.717, 1.165) is 12.8 Å². The number of rotatable bonds is 5. The molecule has 9 heteroatoms. The first-order chi connectivity index (χ1) is 21.8. The zero-order valence-corrected chi connectivity index (χ0v) is 28.5. The monoisotopic (exact) mass is 646 g/mol. The third kappa shape index (κ3) is 3.81. The van der Waals surface area contributed by atoms with Crippen LogP contribution >= 0.6 is 0 Å². The molecular weight excluding hydrogens is 600 g/mol. The normalized spacial score (nSPS) is 37.5. The van der Waals surface area contributed by atoms with E-state index in [1.54, 1.807) is 6.08 Å². The minimum atomic E-state index is -1.76. The van der Waals surface area contributed by atoms with E-state index in [1.807, 2.05) is 41.5 Å². The van der Waals surface area contributed by atoms with Gasteiger partial charge in [0.25, 0.3) is 0 Å². The van der Waals surface area contributed by atoms with Crippen LogP contribution in [0.25, 0.3) is 0 Å². The first kappa shape index (κ1) is 32.1. The number of phenols is 1. The van der Waals surface area contributed by atoms with Crippen molar-refractivity contribution in [3.63, 3.8) is 0 Å². The van der Waals surface area contributed by atoms with Crippen molar-refractivity contribution in [2.45, 2.75) is 121 Å². The number of aliphatic hydroxyl groups is 1. The molecule has 7 aliphatic rings. The van der Waals surface area contributed by atoms with Crippen LogP contribution in [0, 0.1) is 23.7 Å². The molecule has 1 spiro atoms. The number of benzene rings is 1. The average Bonchev–Trinajstić information content (AvgIpc) is 3.10. The number of ether oxygens (including phenoxy) is 3. The molecule has 0 radical (unpaired) electrons. The van der Waals surface area contributed by atoms with Crippen molar-refractivity contribution >= 4 is 17.5 Å².